The molecule has 2 aromatic carbocycles. The van der Waals surface area contributed by atoms with Crippen molar-refractivity contribution < 1.29 is 14.9 Å². The molecule has 2 amide bonds. The first-order chi connectivity index (χ1) is 12.2. The van der Waals surface area contributed by atoms with E-state index in [1.165, 1.54) is 11.1 Å². The van der Waals surface area contributed by atoms with E-state index in [1.807, 2.05) is 24.3 Å². The maximum absolute atomic E-state index is 12.8. The van der Waals surface area contributed by atoms with Gasteiger partial charge in [0.25, 0.3) is 5.91 Å². The number of nitrogens with two attached hydrogens (primary N) is 1. The zero-order valence-electron chi connectivity index (χ0n) is 14.1. The third kappa shape index (κ3) is 3.15. The minimum atomic E-state index is -0.143. The number of hydrogen-bond acceptors (Lipinski definition) is 2. The van der Waals surface area contributed by atoms with E-state index in [4.69, 9.17) is 0 Å². The SMILES string of the molecule is O=C1CN(C(=O)C[NH2+][C@H]2CCCc3ccccc32)c2ccccc2N1. The Balaban J connectivity index is 1.48. The lowest BCUT2D eigenvalue weighted by Crippen LogP contribution is -2.88. The highest BCUT2D eigenvalue weighted by atomic mass is 16.2. The first-order valence-corrected chi connectivity index (χ1v) is 8.83. The molecule has 0 unspecified atom stereocenters. The molecule has 0 spiro atoms. The summed E-state index contributed by atoms with van der Waals surface area (Å²) in [6.45, 7) is 0.436. The van der Waals surface area contributed by atoms with E-state index in [9.17, 15) is 9.59 Å². The largest absolute Gasteiger partial charge is 0.332 e. The number of aryl methyl sites for hydroxylation is 1. The van der Waals surface area contributed by atoms with Gasteiger partial charge in [-0.15, -0.1) is 0 Å². The summed E-state index contributed by atoms with van der Waals surface area (Å²) in [6, 6.07) is 16.3. The van der Waals surface area contributed by atoms with Crippen molar-refractivity contribution in [1.82, 2.24) is 0 Å². The second-order valence-electron chi connectivity index (χ2n) is 6.68. The van der Waals surface area contributed by atoms with E-state index >= 15 is 0 Å². The quantitative estimate of drug-likeness (QED) is 0.894. The van der Waals surface area contributed by atoms with Crippen molar-refractivity contribution in [2.24, 2.45) is 0 Å². The lowest BCUT2D eigenvalue weighted by atomic mass is 9.88. The molecular formula is C20H22N3O2+. The molecule has 0 fully saturated rings. The number of hydrogen-bond donors (Lipinski definition) is 2. The van der Waals surface area contributed by atoms with Gasteiger partial charge in [-0.1, -0.05) is 36.4 Å². The van der Waals surface area contributed by atoms with Crippen LogP contribution in [0.15, 0.2) is 48.5 Å². The topological polar surface area (TPSA) is 66.0 Å². The number of anilines is 2. The molecule has 4 rings (SSSR count). The van der Waals surface area contributed by atoms with Gasteiger partial charge in [-0.25, -0.2) is 0 Å². The van der Waals surface area contributed by atoms with E-state index in [0.29, 0.717) is 18.3 Å². The second kappa shape index (κ2) is 6.69. The zero-order valence-corrected chi connectivity index (χ0v) is 14.1. The van der Waals surface area contributed by atoms with E-state index < -0.39 is 0 Å². The average Bonchev–Trinajstić information content (AvgIpc) is 2.65. The summed E-state index contributed by atoms with van der Waals surface area (Å²) in [5, 5.41) is 4.94. The van der Waals surface area contributed by atoms with Crippen molar-refractivity contribution in [3.8, 4) is 0 Å². The molecule has 1 atom stereocenters. The number of rotatable bonds is 3. The maximum Gasteiger partial charge on any atom is 0.282 e. The Hall–Kier alpha value is -2.66. The summed E-state index contributed by atoms with van der Waals surface area (Å²) in [6.07, 6.45) is 3.36. The van der Waals surface area contributed by atoms with Crippen LogP contribution in [0.3, 0.4) is 0 Å². The molecule has 5 nitrogen and oxygen atoms in total. The average molecular weight is 336 g/mol. The van der Waals surface area contributed by atoms with Crippen LogP contribution >= 0.6 is 0 Å². The molecule has 0 bridgehead atoms. The molecule has 0 saturated heterocycles. The molecule has 1 heterocycles. The lowest BCUT2D eigenvalue weighted by molar-refractivity contribution is -0.687. The Labute approximate surface area is 147 Å². The van der Waals surface area contributed by atoms with Gasteiger partial charge in [0.2, 0.25) is 5.91 Å². The van der Waals surface area contributed by atoms with Crippen LogP contribution in [0.5, 0.6) is 0 Å². The van der Waals surface area contributed by atoms with Gasteiger partial charge in [0, 0.05) is 12.0 Å². The predicted molar refractivity (Wildman–Crippen MR) is 96.3 cm³/mol. The van der Waals surface area contributed by atoms with Gasteiger partial charge in [-0.3, -0.25) is 14.5 Å². The Morgan fingerprint density at radius 3 is 2.88 bits per heavy atom. The van der Waals surface area contributed by atoms with Gasteiger partial charge < -0.3 is 10.6 Å². The van der Waals surface area contributed by atoms with Gasteiger partial charge in [0.05, 0.1) is 11.4 Å². The third-order valence-corrected chi connectivity index (χ3v) is 5.06. The van der Waals surface area contributed by atoms with Crippen molar-refractivity contribution in [3.63, 3.8) is 0 Å². The minimum Gasteiger partial charge on any atom is -0.332 e. The van der Waals surface area contributed by atoms with Gasteiger partial charge in [0.15, 0.2) is 6.54 Å². The van der Waals surface area contributed by atoms with Gasteiger partial charge in [-0.2, -0.15) is 0 Å². The number of quaternary nitrogens is 1. The Morgan fingerprint density at radius 2 is 1.96 bits per heavy atom. The number of amides is 2. The highest BCUT2D eigenvalue weighted by molar-refractivity contribution is 6.10. The van der Waals surface area contributed by atoms with Crippen LogP contribution in [-0.4, -0.2) is 24.9 Å². The van der Waals surface area contributed by atoms with E-state index in [2.05, 4.69) is 34.9 Å². The Bertz CT molecular complexity index is 818. The molecule has 128 valence electrons. The molecule has 3 N–H and O–H groups in total. The summed E-state index contributed by atoms with van der Waals surface area (Å²) in [5.41, 5.74) is 4.23. The zero-order chi connectivity index (χ0) is 17.2. The third-order valence-electron chi connectivity index (χ3n) is 5.06. The summed E-state index contributed by atoms with van der Waals surface area (Å²) >= 11 is 0. The normalized spacial score (nSPS) is 19.0. The fourth-order valence-corrected chi connectivity index (χ4v) is 3.85. The first kappa shape index (κ1) is 15.8. The molecule has 0 aromatic heterocycles. The molecule has 25 heavy (non-hydrogen) atoms. The van der Waals surface area contributed by atoms with Crippen LogP contribution in [0, 0.1) is 0 Å². The fourth-order valence-electron chi connectivity index (χ4n) is 3.85. The minimum absolute atomic E-state index is 0.0228. The molecule has 2 aromatic rings. The highest BCUT2D eigenvalue weighted by Gasteiger charge is 2.29. The van der Waals surface area contributed by atoms with E-state index in [0.717, 1.165) is 24.9 Å². The van der Waals surface area contributed by atoms with Crippen molar-refractivity contribution in [2.45, 2.75) is 25.3 Å². The molecule has 1 aliphatic heterocycles. The second-order valence-corrected chi connectivity index (χ2v) is 6.68. The van der Waals surface area contributed by atoms with Crippen molar-refractivity contribution in [1.29, 1.82) is 0 Å². The first-order valence-electron chi connectivity index (χ1n) is 8.83. The van der Waals surface area contributed by atoms with Crippen LogP contribution in [0.1, 0.15) is 30.0 Å². The monoisotopic (exact) mass is 336 g/mol. The van der Waals surface area contributed by atoms with Crippen molar-refractivity contribution >= 4 is 23.2 Å². The molecule has 0 saturated carbocycles. The Kier molecular flexibility index (Phi) is 4.24. The lowest BCUT2D eigenvalue weighted by Gasteiger charge is -2.29. The fraction of sp³-hybridized carbons (Fsp3) is 0.300. The molecule has 0 radical (unpaired) electrons. The smallest absolute Gasteiger partial charge is 0.282 e. The van der Waals surface area contributed by atoms with Crippen LogP contribution in [-0.2, 0) is 16.0 Å². The van der Waals surface area contributed by atoms with Crippen LogP contribution in [0.4, 0.5) is 11.4 Å². The number of nitrogens with one attached hydrogen (secondary N) is 1. The number of fused-ring (bicyclic) bond motifs is 2. The van der Waals surface area contributed by atoms with Crippen LogP contribution in [0.2, 0.25) is 0 Å². The molecular weight excluding hydrogens is 314 g/mol. The van der Waals surface area contributed by atoms with Gasteiger partial charge in [0.1, 0.15) is 12.6 Å². The molecule has 2 aliphatic rings. The summed E-state index contributed by atoms with van der Waals surface area (Å²) < 4.78 is 0. The van der Waals surface area contributed by atoms with Crippen molar-refractivity contribution in [3.05, 3.63) is 59.7 Å². The standard InChI is InChI=1S/C20H21N3O2/c24-19-13-23(18-11-4-3-9-17(18)22-19)20(25)12-21-16-10-5-7-14-6-1-2-8-15(14)16/h1-4,6,8-9,11,16,21H,5,7,10,12-13H2,(H,22,24)/p+1/t16-/m0/s1. The van der Waals surface area contributed by atoms with Gasteiger partial charge >= 0.3 is 0 Å². The summed E-state index contributed by atoms with van der Waals surface area (Å²) in [4.78, 5) is 26.3. The van der Waals surface area contributed by atoms with E-state index in [1.54, 1.807) is 4.90 Å². The summed E-state index contributed by atoms with van der Waals surface area (Å²) in [5.74, 6) is -0.166. The number of para-hydroxylation sites is 2. The van der Waals surface area contributed by atoms with Crippen LogP contribution < -0.4 is 15.5 Å². The number of nitrogens with zero attached hydrogens (tertiary/aromatic N) is 1. The van der Waals surface area contributed by atoms with Crippen molar-refractivity contribution in [2.75, 3.05) is 23.3 Å². The number of carbonyl (C=O) groups is 2. The molecule has 5 heteroatoms. The highest BCUT2D eigenvalue weighted by Crippen LogP contribution is 2.29. The predicted octanol–water partition coefficient (Wildman–Crippen LogP) is 1.61. The summed E-state index contributed by atoms with van der Waals surface area (Å²) in [7, 11) is 0. The molecule has 1 aliphatic carbocycles. The van der Waals surface area contributed by atoms with Gasteiger partial charge in [-0.05, 0) is 30.5 Å². The van der Waals surface area contributed by atoms with Crippen LogP contribution in [0.25, 0.3) is 0 Å². The number of carbonyl (C=O) groups excluding carboxylic acids is 2. The van der Waals surface area contributed by atoms with E-state index in [-0.39, 0.29) is 18.4 Å². The Morgan fingerprint density at radius 1 is 1.16 bits per heavy atom. The number of benzene rings is 2. The maximum atomic E-state index is 12.8.